The molecule has 4 saturated carbocycles. The third-order valence-corrected chi connectivity index (χ3v) is 4.31. The van der Waals surface area contributed by atoms with Gasteiger partial charge in [-0.15, -0.1) is 0 Å². The lowest BCUT2D eigenvalue weighted by Gasteiger charge is -2.57. The molecule has 4 aliphatic carbocycles. The van der Waals surface area contributed by atoms with Gasteiger partial charge in [-0.1, -0.05) is 0 Å². The molecular weight excluding hydrogens is 150 g/mol. The van der Waals surface area contributed by atoms with Gasteiger partial charge in [0, 0.05) is 5.54 Å². The Balaban J connectivity index is 1.97. The molecular formula is C10H17NO. The van der Waals surface area contributed by atoms with Gasteiger partial charge in [-0.25, -0.2) is 0 Å². The summed E-state index contributed by atoms with van der Waals surface area (Å²) in [6.45, 7) is 0. The third kappa shape index (κ3) is 0.775. The fraction of sp³-hybridized carbons (Fsp3) is 1.00. The average Bonchev–Trinajstić information content (AvgIpc) is 1.98. The minimum atomic E-state index is -0.190. The summed E-state index contributed by atoms with van der Waals surface area (Å²) in [5, 5.41) is 9.96. The van der Waals surface area contributed by atoms with Crippen LogP contribution in [-0.4, -0.2) is 16.7 Å². The Kier molecular flexibility index (Phi) is 1.25. The Morgan fingerprint density at radius 2 is 1.67 bits per heavy atom. The van der Waals surface area contributed by atoms with E-state index in [2.05, 4.69) is 0 Å². The van der Waals surface area contributed by atoms with E-state index in [1.54, 1.807) is 0 Å². The van der Waals surface area contributed by atoms with Crippen molar-refractivity contribution in [3.63, 3.8) is 0 Å². The summed E-state index contributed by atoms with van der Waals surface area (Å²) in [6.07, 6.45) is 5.86. The van der Waals surface area contributed by atoms with Gasteiger partial charge in [-0.2, -0.15) is 0 Å². The number of aliphatic hydroxyl groups is 1. The van der Waals surface area contributed by atoms with Gasteiger partial charge in [0.2, 0.25) is 0 Å². The van der Waals surface area contributed by atoms with Gasteiger partial charge in [0.05, 0.1) is 6.10 Å². The van der Waals surface area contributed by atoms with Crippen LogP contribution >= 0.6 is 0 Å². The predicted molar refractivity (Wildman–Crippen MR) is 46.5 cm³/mol. The topological polar surface area (TPSA) is 46.2 Å². The lowest BCUT2D eigenvalue weighted by molar-refractivity contribution is -0.107. The second-order valence-electron chi connectivity index (χ2n) is 5.29. The van der Waals surface area contributed by atoms with Crippen LogP contribution in [0, 0.1) is 17.8 Å². The van der Waals surface area contributed by atoms with Crippen molar-refractivity contribution in [2.45, 2.75) is 43.7 Å². The maximum Gasteiger partial charge on any atom is 0.0748 e. The number of aliphatic hydroxyl groups excluding tert-OH is 1. The molecule has 4 aliphatic rings. The maximum absolute atomic E-state index is 9.96. The summed E-state index contributed by atoms with van der Waals surface area (Å²) in [4.78, 5) is 0. The van der Waals surface area contributed by atoms with Crippen molar-refractivity contribution in [2.24, 2.45) is 23.5 Å². The standard InChI is InChI=1S/C10H17NO/c11-10-4-6-1-7(5-10)3-8(2-6)9(10)12/h6-9,12H,1-5,11H2/t6-,7-,8?,9-,10?/m0/s1. The summed E-state index contributed by atoms with van der Waals surface area (Å²) < 4.78 is 0. The molecule has 0 heterocycles. The van der Waals surface area contributed by atoms with Crippen LogP contribution in [0.25, 0.3) is 0 Å². The highest BCUT2D eigenvalue weighted by Gasteiger charge is 2.54. The van der Waals surface area contributed by atoms with Crippen LogP contribution in [0.3, 0.4) is 0 Å². The van der Waals surface area contributed by atoms with E-state index < -0.39 is 0 Å². The molecule has 0 aromatic heterocycles. The van der Waals surface area contributed by atoms with Crippen LogP contribution in [-0.2, 0) is 0 Å². The number of rotatable bonds is 0. The molecule has 0 amide bonds. The zero-order valence-electron chi connectivity index (χ0n) is 7.37. The van der Waals surface area contributed by atoms with E-state index >= 15 is 0 Å². The molecule has 0 aromatic rings. The Hall–Kier alpha value is -0.0800. The summed E-state index contributed by atoms with van der Waals surface area (Å²) >= 11 is 0. The first-order valence-electron chi connectivity index (χ1n) is 5.14. The normalized spacial score (nSPS) is 62.5. The predicted octanol–water partition coefficient (Wildman–Crippen LogP) is 0.885. The van der Waals surface area contributed by atoms with Crippen molar-refractivity contribution < 1.29 is 5.11 Å². The van der Waals surface area contributed by atoms with Crippen LogP contribution in [0.4, 0.5) is 0 Å². The average molecular weight is 167 g/mol. The van der Waals surface area contributed by atoms with Gasteiger partial charge >= 0.3 is 0 Å². The summed E-state index contributed by atoms with van der Waals surface area (Å²) in [5.74, 6) is 2.23. The molecule has 0 spiro atoms. The van der Waals surface area contributed by atoms with Crippen molar-refractivity contribution in [1.82, 2.24) is 0 Å². The highest BCUT2D eigenvalue weighted by Crippen LogP contribution is 2.54. The molecule has 0 aromatic carbocycles. The Morgan fingerprint density at radius 3 is 2.17 bits per heavy atom. The molecule has 3 N–H and O–H groups in total. The van der Waals surface area contributed by atoms with Gasteiger partial charge in [-0.05, 0) is 49.9 Å². The summed E-state index contributed by atoms with van der Waals surface area (Å²) in [7, 11) is 0. The van der Waals surface area contributed by atoms with Crippen LogP contribution in [0.15, 0.2) is 0 Å². The third-order valence-electron chi connectivity index (χ3n) is 4.31. The van der Waals surface area contributed by atoms with Crippen LogP contribution in [0.2, 0.25) is 0 Å². The number of hydrogen-bond donors (Lipinski definition) is 2. The summed E-state index contributed by atoms with van der Waals surface area (Å²) in [5.41, 5.74) is 6.03. The van der Waals surface area contributed by atoms with E-state index in [0.717, 1.165) is 24.7 Å². The van der Waals surface area contributed by atoms with E-state index in [9.17, 15) is 5.11 Å². The number of hydrogen-bond acceptors (Lipinski definition) is 2. The van der Waals surface area contributed by atoms with Crippen molar-refractivity contribution in [1.29, 1.82) is 0 Å². The molecule has 4 fully saturated rings. The van der Waals surface area contributed by atoms with E-state index in [-0.39, 0.29) is 11.6 Å². The second kappa shape index (κ2) is 2.05. The minimum Gasteiger partial charge on any atom is -0.391 e. The van der Waals surface area contributed by atoms with E-state index in [1.807, 2.05) is 0 Å². The quantitative estimate of drug-likeness (QED) is 0.562. The van der Waals surface area contributed by atoms with Gasteiger partial charge in [0.25, 0.3) is 0 Å². The molecule has 2 heteroatoms. The van der Waals surface area contributed by atoms with Crippen molar-refractivity contribution in [3.05, 3.63) is 0 Å². The number of nitrogens with two attached hydrogens (primary N) is 1. The minimum absolute atomic E-state index is 0.186. The van der Waals surface area contributed by atoms with E-state index in [1.165, 1.54) is 19.3 Å². The van der Waals surface area contributed by atoms with Crippen LogP contribution < -0.4 is 5.73 Å². The largest absolute Gasteiger partial charge is 0.391 e. The Labute approximate surface area is 73.1 Å². The Bertz CT molecular complexity index is 202. The lowest BCUT2D eigenvalue weighted by atomic mass is 9.52. The van der Waals surface area contributed by atoms with Gasteiger partial charge in [0.15, 0.2) is 0 Å². The Morgan fingerprint density at radius 1 is 1.08 bits per heavy atom. The molecule has 0 unspecified atom stereocenters. The van der Waals surface area contributed by atoms with Crippen molar-refractivity contribution in [3.8, 4) is 0 Å². The zero-order valence-corrected chi connectivity index (χ0v) is 7.37. The lowest BCUT2D eigenvalue weighted by Crippen LogP contribution is -2.65. The zero-order chi connectivity index (χ0) is 8.34. The first-order valence-corrected chi connectivity index (χ1v) is 5.14. The van der Waals surface area contributed by atoms with E-state index in [0.29, 0.717) is 5.92 Å². The smallest absolute Gasteiger partial charge is 0.0748 e. The fourth-order valence-corrected chi connectivity index (χ4v) is 4.08. The van der Waals surface area contributed by atoms with Crippen molar-refractivity contribution in [2.75, 3.05) is 0 Å². The second-order valence-corrected chi connectivity index (χ2v) is 5.29. The van der Waals surface area contributed by atoms with Gasteiger partial charge < -0.3 is 10.8 Å². The highest BCUT2D eigenvalue weighted by molar-refractivity contribution is 5.09. The molecule has 4 bridgehead atoms. The first kappa shape index (κ1) is 7.34. The van der Waals surface area contributed by atoms with Crippen LogP contribution in [0.1, 0.15) is 32.1 Å². The first-order chi connectivity index (χ1) is 5.67. The van der Waals surface area contributed by atoms with Crippen molar-refractivity contribution >= 4 is 0 Å². The molecule has 0 aliphatic heterocycles. The SMILES string of the molecule is NC12C[C@@H]3CC(C[C@H](C3)C1)[C@@H]2O. The molecule has 12 heavy (non-hydrogen) atoms. The maximum atomic E-state index is 9.96. The summed E-state index contributed by atoms with van der Waals surface area (Å²) in [6, 6.07) is 0. The van der Waals surface area contributed by atoms with E-state index in [4.69, 9.17) is 5.73 Å². The molecule has 4 rings (SSSR count). The molecule has 2 nitrogen and oxygen atoms in total. The van der Waals surface area contributed by atoms with Gasteiger partial charge in [-0.3, -0.25) is 0 Å². The highest BCUT2D eigenvalue weighted by atomic mass is 16.3. The molecule has 3 atom stereocenters. The molecule has 0 radical (unpaired) electrons. The molecule has 68 valence electrons. The monoisotopic (exact) mass is 167 g/mol. The molecule has 0 saturated heterocycles. The van der Waals surface area contributed by atoms with Crippen LogP contribution in [0.5, 0.6) is 0 Å². The fourth-order valence-electron chi connectivity index (χ4n) is 4.08. The van der Waals surface area contributed by atoms with Gasteiger partial charge in [0.1, 0.15) is 0 Å².